The van der Waals surface area contributed by atoms with E-state index >= 15 is 0 Å². The Morgan fingerprint density at radius 2 is 1.44 bits per heavy atom. The summed E-state index contributed by atoms with van der Waals surface area (Å²) in [4.78, 5) is 11.2. The standard InChI is InChI=1S/C10H8F4O4/c1-16-8(15)5-2-6(17-9(11)12)4-7(3-5)18-10(13)14/h2-4,9-10H,1H3. The van der Waals surface area contributed by atoms with Crippen molar-refractivity contribution in [3.63, 3.8) is 0 Å². The van der Waals surface area contributed by atoms with Gasteiger partial charge in [0, 0.05) is 6.07 Å². The molecule has 4 nitrogen and oxygen atoms in total. The summed E-state index contributed by atoms with van der Waals surface area (Å²) in [6, 6.07) is 2.66. The molecule has 0 heterocycles. The first kappa shape index (κ1) is 14.1. The quantitative estimate of drug-likeness (QED) is 0.608. The van der Waals surface area contributed by atoms with Crippen LogP contribution >= 0.6 is 0 Å². The second kappa shape index (κ2) is 6.08. The smallest absolute Gasteiger partial charge is 0.387 e. The third-order valence-electron chi connectivity index (χ3n) is 1.75. The molecular formula is C10H8F4O4. The normalized spacial score (nSPS) is 10.6. The molecule has 100 valence electrons. The van der Waals surface area contributed by atoms with Crippen molar-refractivity contribution in [1.29, 1.82) is 0 Å². The third kappa shape index (κ3) is 4.11. The van der Waals surface area contributed by atoms with Gasteiger partial charge in [-0.3, -0.25) is 0 Å². The number of carbonyl (C=O) groups excluding carboxylic acids is 1. The van der Waals surface area contributed by atoms with E-state index in [2.05, 4.69) is 14.2 Å². The van der Waals surface area contributed by atoms with Crippen molar-refractivity contribution in [2.45, 2.75) is 13.2 Å². The zero-order valence-corrected chi connectivity index (χ0v) is 9.03. The average Bonchev–Trinajstić information content (AvgIpc) is 2.25. The Labute approximate surface area is 99.1 Å². The van der Waals surface area contributed by atoms with E-state index in [0.717, 1.165) is 25.3 Å². The van der Waals surface area contributed by atoms with Gasteiger partial charge in [0.15, 0.2) is 0 Å². The van der Waals surface area contributed by atoms with Gasteiger partial charge in [-0.05, 0) is 12.1 Å². The molecule has 0 saturated heterocycles. The van der Waals surface area contributed by atoms with Crippen molar-refractivity contribution in [2.75, 3.05) is 7.11 Å². The monoisotopic (exact) mass is 268 g/mol. The second-order valence-corrected chi connectivity index (χ2v) is 2.94. The van der Waals surface area contributed by atoms with Crippen molar-refractivity contribution in [2.24, 2.45) is 0 Å². The predicted molar refractivity (Wildman–Crippen MR) is 51.0 cm³/mol. The molecule has 0 fully saturated rings. The van der Waals surface area contributed by atoms with Gasteiger partial charge in [0.1, 0.15) is 11.5 Å². The molecule has 0 aliphatic heterocycles. The van der Waals surface area contributed by atoms with Crippen molar-refractivity contribution < 1.29 is 36.6 Å². The summed E-state index contributed by atoms with van der Waals surface area (Å²) in [7, 11) is 1.05. The Balaban J connectivity index is 3.07. The number of methoxy groups -OCH3 is 1. The van der Waals surface area contributed by atoms with Crippen LogP contribution < -0.4 is 9.47 Å². The molecule has 0 unspecified atom stereocenters. The Morgan fingerprint density at radius 3 is 1.78 bits per heavy atom. The van der Waals surface area contributed by atoms with Gasteiger partial charge in [-0.1, -0.05) is 0 Å². The van der Waals surface area contributed by atoms with Crippen molar-refractivity contribution >= 4 is 5.97 Å². The Kier molecular flexibility index (Phi) is 4.75. The van der Waals surface area contributed by atoms with Gasteiger partial charge >= 0.3 is 19.2 Å². The summed E-state index contributed by atoms with van der Waals surface area (Å²) in [6.45, 7) is -6.31. The first-order valence-electron chi connectivity index (χ1n) is 4.55. The minimum atomic E-state index is -3.16. The predicted octanol–water partition coefficient (Wildman–Crippen LogP) is 2.68. The van der Waals surface area contributed by atoms with Crippen LogP contribution in [0.5, 0.6) is 11.5 Å². The summed E-state index contributed by atoms with van der Waals surface area (Å²) in [5.41, 5.74) is -0.244. The van der Waals surface area contributed by atoms with E-state index in [-0.39, 0.29) is 5.56 Å². The number of alkyl halides is 4. The molecule has 0 saturated carbocycles. The highest BCUT2D eigenvalue weighted by Gasteiger charge is 2.15. The van der Waals surface area contributed by atoms with E-state index in [1.54, 1.807) is 0 Å². The highest BCUT2D eigenvalue weighted by atomic mass is 19.3. The molecule has 0 aliphatic rings. The van der Waals surface area contributed by atoms with Crippen LogP contribution in [0.3, 0.4) is 0 Å². The zero-order chi connectivity index (χ0) is 13.7. The molecule has 1 aromatic carbocycles. The second-order valence-electron chi connectivity index (χ2n) is 2.94. The molecule has 0 N–H and O–H groups in total. The van der Waals surface area contributed by atoms with E-state index in [1.165, 1.54) is 0 Å². The molecule has 1 rings (SSSR count). The molecule has 0 bridgehead atoms. The Morgan fingerprint density at radius 1 is 1.00 bits per heavy atom. The van der Waals surface area contributed by atoms with Crippen molar-refractivity contribution in [1.82, 2.24) is 0 Å². The molecule has 0 aliphatic carbocycles. The molecule has 18 heavy (non-hydrogen) atoms. The van der Waals surface area contributed by atoms with Crippen LogP contribution in [-0.2, 0) is 4.74 Å². The van der Waals surface area contributed by atoms with Gasteiger partial charge in [0.05, 0.1) is 12.7 Å². The van der Waals surface area contributed by atoms with E-state index < -0.39 is 30.7 Å². The number of halogens is 4. The molecular weight excluding hydrogens is 260 g/mol. The molecule has 0 atom stereocenters. The molecule has 0 aromatic heterocycles. The highest BCUT2D eigenvalue weighted by Crippen LogP contribution is 2.26. The number of rotatable bonds is 5. The Bertz CT molecular complexity index is 394. The summed E-state index contributed by atoms with van der Waals surface area (Å²) in [6.07, 6.45) is 0. The van der Waals surface area contributed by atoms with Crippen LogP contribution in [-0.4, -0.2) is 26.3 Å². The van der Waals surface area contributed by atoms with Crippen LogP contribution in [0.15, 0.2) is 18.2 Å². The van der Waals surface area contributed by atoms with E-state index in [4.69, 9.17) is 0 Å². The van der Waals surface area contributed by atoms with Crippen LogP contribution in [0.4, 0.5) is 17.6 Å². The lowest BCUT2D eigenvalue weighted by atomic mass is 10.2. The lowest BCUT2D eigenvalue weighted by Gasteiger charge is -2.10. The zero-order valence-electron chi connectivity index (χ0n) is 9.03. The summed E-state index contributed by atoms with van der Waals surface area (Å²) in [5, 5.41) is 0. The maximum Gasteiger partial charge on any atom is 0.387 e. The lowest BCUT2D eigenvalue weighted by molar-refractivity contribution is -0.0544. The fourth-order valence-corrected chi connectivity index (χ4v) is 1.15. The van der Waals surface area contributed by atoms with E-state index in [9.17, 15) is 22.4 Å². The van der Waals surface area contributed by atoms with Gasteiger partial charge in [0.25, 0.3) is 0 Å². The topological polar surface area (TPSA) is 44.8 Å². The average molecular weight is 268 g/mol. The van der Waals surface area contributed by atoms with Crippen molar-refractivity contribution in [3.8, 4) is 11.5 Å². The molecule has 1 aromatic rings. The van der Waals surface area contributed by atoms with Gasteiger partial charge in [-0.25, -0.2) is 4.79 Å². The van der Waals surface area contributed by atoms with Crippen LogP contribution in [0.1, 0.15) is 10.4 Å². The van der Waals surface area contributed by atoms with Crippen LogP contribution in [0.25, 0.3) is 0 Å². The number of hydrogen-bond donors (Lipinski definition) is 0. The number of ether oxygens (including phenoxy) is 3. The maximum atomic E-state index is 12.0. The third-order valence-corrected chi connectivity index (χ3v) is 1.75. The van der Waals surface area contributed by atoms with Gasteiger partial charge in [-0.2, -0.15) is 17.6 Å². The first-order chi connectivity index (χ1) is 8.42. The number of esters is 1. The van der Waals surface area contributed by atoms with E-state index in [1.807, 2.05) is 0 Å². The fourth-order valence-electron chi connectivity index (χ4n) is 1.15. The minimum Gasteiger partial charge on any atom is -0.465 e. The van der Waals surface area contributed by atoms with Gasteiger partial charge in [0.2, 0.25) is 0 Å². The highest BCUT2D eigenvalue weighted by molar-refractivity contribution is 5.90. The largest absolute Gasteiger partial charge is 0.465 e. The van der Waals surface area contributed by atoms with Crippen LogP contribution in [0.2, 0.25) is 0 Å². The number of carbonyl (C=O) groups is 1. The molecule has 8 heteroatoms. The molecule has 0 amide bonds. The minimum absolute atomic E-state index is 0.244. The molecule has 0 spiro atoms. The van der Waals surface area contributed by atoms with Gasteiger partial charge in [-0.15, -0.1) is 0 Å². The summed E-state index contributed by atoms with van der Waals surface area (Å²) < 4.78 is 60.4. The first-order valence-corrected chi connectivity index (χ1v) is 4.55. The SMILES string of the molecule is COC(=O)c1cc(OC(F)F)cc(OC(F)F)c1. The number of hydrogen-bond acceptors (Lipinski definition) is 4. The van der Waals surface area contributed by atoms with Gasteiger partial charge < -0.3 is 14.2 Å². The maximum absolute atomic E-state index is 12.0. The lowest BCUT2D eigenvalue weighted by Crippen LogP contribution is -2.08. The fraction of sp³-hybridized carbons (Fsp3) is 0.300. The Hall–Kier alpha value is -1.99. The number of benzene rings is 1. The van der Waals surface area contributed by atoms with Crippen LogP contribution in [0, 0.1) is 0 Å². The summed E-state index contributed by atoms with van der Waals surface area (Å²) >= 11 is 0. The van der Waals surface area contributed by atoms with E-state index in [0.29, 0.717) is 0 Å². The van der Waals surface area contributed by atoms with Crippen molar-refractivity contribution in [3.05, 3.63) is 23.8 Å². The summed E-state index contributed by atoms with van der Waals surface area (Å²) in [5.74, 6) is -1.86. The molecule has 0 radical (unpaired) electrons.